The SMILES string of the molecule is O=C(CO)N1CCO[C@@H](c2ccc(Cl)cc2)C1. The van der Waals surface area contributed by atoms with Crippen LogP contribution in [0, 0.1) is 0 Å². The number of aliphatic hydroxyl groups excluding tert-OH is 1. The van der Waals surface area contributed by atoms with E-state index in [-0.39, 0.29) is 12.0 Å². The van der Waals surface area contributed by atoms with Gasteiger partial charge in [0, 0.05) is 11.6 Å². The molecule has 1 aliphatic heterocycles. The quantitative estimate of drug-likeness (QED) is 0.865. The van der Waals surface area contributed by atoms with Crippen molar-refractivity contribution in [2.24, 2.45) is 0 Å². The third-order valence-electron chi connectivity index (χ3n) is 2.80. The summed E-state index contributed by atoms with van der Waals surface area (Å²) < 4.78 is 5.61. The second-order valence-corrected chi connectivity index (χ2v) is 4.35. The minimum atomic E-state index is -0.451. The molecule has 1 saturated heterocycles. The molecule has 1 aromatic rings. The number of carbonyl (C=O) groups excluding carboxylic acids is 1. The number of carbonyl (C=O) groups is 1. The Morgan fingerprint density at radius 3 is 2.82 bits per heavy atom. The molecule has 2 rings (SSSR count). The zero-order chi connectivity index (χ0) is 12.3. The average Bonchev–Trinajstić information content (AvgIpc) is 2.39. The lowest BCUT2D eigenvalue weighted by atomic mass is 10.1. The Kier molecular flexibility index (Phi) is 3.99. The number of benzene rings is 1. The lowest BCUT2D eigenvalue weighted by Crippen LogP contribution is -2.43. The van der Waals surface area contributed by atoms with Gasteiger partial charge >= 0.3 is 0 Å². The van der Waals surface area contributed by atoms with E-state index in [4.69, 9.17) is 21.4 Å². The van der Waals surface area contributed by atoms with Crippen LogP contribution < -0.4 is 0 Å². The smallest absolute Gasteiger partial charge is 0.248 e. The fraction of sp³-hybridized carbons (Fsp3) is 0.417. The topological polar surface area (TPSA) is 49.8 Å². The summed E-state index contributed by atoms with van der Waals surface area (Å²) >= 11 is 5.81. The van der Waals surface area contributed by atoms with E-state index in [1.165, 1.54) is 0 Å². The lowest BCUT2D eigenvalue weighted by molar-refractivity contribution is -0.141. The van der Waals surface area contributed by atoms with Crippen LogP contribution in [0.5, 0.6) is 0 Å². The Balaban J connectivity index is 2.06. The maximum atomic E-state index is 11.4. The molecule has 1 heterocycles. The molecule has 1 amide bonds. The first-order valence-electron chi connectivity index (χ1n) is 5.46. The summed E-state index contributed by atoms with van der Waals surface area (Å²) in [6, 6.07) is 7.37. The summed E-state index contributed by atoms with van der Waals surface area (Å²) in [6.07, 6.45) is -0.142. The van der Waals surface area contributed by atoms with Gasteiger partial charge in [-0.05, 0) is 17.7 Å². The second-order valence-electron chi connectivity index (χ2n) is 3.91. The van der Waals surface area contributed by atoms with Crippen molar-refractivity contribution >= 4 is 17.5 Å². The Morgan fingerprint density at radius 1 is 1.47 bits per heavy atom. The number of rotatable bonds is 2. The van der Waals surface area contributed by atoms with Crippen LogP contribution in [0.25, 0.3) is 0 Å². The van der Waals surface area contributed by atoms with Crippen molar-refractivity contribution in [2.45, 2.75) is 6.10 Å². The molecule has 0 aliphatic carbocycles. The van der Waals surface area contributed by atoms with Gasteiger partial charge in [-0.3, -0.25) is 4.79 Å². The van der Waals surface area contributed by atoms with Gasteiger partial charge in [0.05, 0.1) is 13.2 Å². The number of morpholine rings is 1. The molecule has 92 valence electrons. The molecule has 0 spiro atoms. The minimum absolute atomic E-state index is 0.142. The summed E-state index contributed by atoms with van der Waals surface area (Å²) in [5, 5.41) is 9.50. The molecule has 0 radical (unpaired) electrons. The predicted molar refractivity (Wildman–Crippen MR) is 63.8 cm³/mol. The van der Waals surface area contributed by atoms with Crippen LogP contribution >= 0.6 is 11.6 Å². The molecule has 0 saturated carbocycles. The van der Waals surface area contributed by atoms with Gasteiger partial charge in [-0.2, -0.15) is 0 Å². The van der Waals surface area contributed by atoms with Crippen LogP contribution in [0.3, 0.4) is 0 Å². The van der Waals surface area contributed by atoms with E-state index in [1.807, 2.05) is 12.1 Å². The van der Waals surface area contributed by atoms with Crippen LogP contribution in [-0.4, -0.2) is 42.2 Å². The fourth-order valence-corrected chi connectivity index (χ4v) is 1.98. The van der Waals surface area contributed by atoms with Crippen molar-refractivity contribution in [3.8, 4) is 0 Å². The van der Waals surface area contributed by atoms with Gasteiger partial charge in [0.2, 0.25) is 5.91 Å². The van der Waals surface area contributed by atoms with Gasteiger partial charge in [0.25, 0.3) is 0 Å². The van der Waals surface area contributed by atoms with E-state index >= 15 is 0 Å². The normalized spacial score (nSPS) is 20.4. The predicted octanol–water partition coefficient (Wildman–Crippen LogP) is 1.23. The lowest BCUT2D eigenvalue weighted by Gasteiger charge is -2.32. The molecule has 4 nitrogen and oxygen atoms in total. The highest BCUT2D eigenvalue weighted by atomic mass is 35.5. The summed E-state index contributed by atoms with van der Waals surface area (Å²) in [7, 11) is 0. The van der Waals surface area contributed by atoms with Crippen molar-refractivity contribution in [2.75, 3.05) is 26.3 Å². The maximum absolute atomic E-state index is 11.4. The molecule has 5 heteroatoms. The number of hydrogen-bond acceptors (Lipinski definition) is 3. The molecule has 1 aromatic carbocycles. The first-order chi connectivity index (χ1) is 8.20. The third kappa shape index (κ3) is 2.97. The van der Waals surface area contributed by atoms with Gasteiger partial charge in [0.1, 0.15) is 12.7 Å². The number of halogens is 1. The standard InChI is InChI=1S/C12H14ClNO3/c13-10-3-1-9(2-4-10)11-7-14(5-6-17-11)12(16)8-15/h1-4,11,15H,5-8H2/t11-/m1/s1. The van der Waals surface area contributed by atoms with Gasteiger partial charge in [0.15, 0.2) is 0 Å². The average molecular weight is 256 g/mol. The van der Waals surface area contributed by atoms with E-state index in [9.17, 15) is 4.79 Å². The molecule has 0 aromatic heterocycles. The fourth-order valence-electron chi connectivity index (χ4n) is 1.85. The molecule has 1 aliphatic rings. The Labute approximate surface area is 105 Å². The van der Waals surface area contributed by atoms with Crippen molar-refractivity contribution in [3.63, 3.8) is 0 Å². The summed E-state index contributed by atoms with van der Waals surface area (Å²) in [5.74, 6) is -0.257. The van der Waals surface area contributed by atoms with Gasteiger partial charge in [-0.15, -0.1) is 0 Å². The summed E-state index contributed by atoms with van der Waals surface area (Å²) in [6.45, 7) is 1.04. The number of hydrogen-bond donors (Lipinski definition) is 1. The highest BCUT2D eigenvalue weighted by molar-refractivity contribution is 6.30. The van der Waals surface area contributed by atoms with Crippen LogP contribution in [0.1, 0.15) is 11.7 Å². The molecule has 0 bridgehead atoms. The van der Waals surface area contributed by atoms with Gasteiger partial charge in [-0.1, -0.05) is 23.7 Å². The summed E-state index contributed by atoms with van der Waals surface area (Å²) in [5.41, 5.74) is 0.991. The molecule has 0 unspecified atom stereocenters. The van der Waals surface area contributed by atoms with Crippen molar-refractivity contribution in [1.29, 1.82) is 0 Å². The Bertz CT molecular complexity index is 393. The van der Waals surface area contributed by atoms with E-state index < -0.39 is 6.61 Å². The monoisotopic (exact) mass is 255 g/mol. The third-order valence-corrected chi connectivity index (χ3v) is 3.05. The zero-order valence-electron chi connectivity index (χ0n) is 9.30. The van der Waals surface area contributed by atoms with Gasteiger partial charge < -0.3 is 14.7 Å². The molecule has 1 fully saturated rings. The zero-order valence-corrected chi connectivity index (χ0v) is 10.1. The minimum Gasteiger partial charge on any atom is -0.387 e. The Morgan fingerprint density at radius 2 is 2.18 bits per heavy atom. The largest absolute Gasteiger partial charge is 0.387 e. The van der Waals surface area contributed by atoms with Crippen molar-refractivity contribution < 1.29 is 14.6 Å². The highest BCUT2D eigenvalue weighted by Gasteiger charge is 2.24. The van der Waals surface area contributed by atoms with E-state index in [0.717, 1.165) is 5.56 Å². The number of amides is 1. The van der Waals surface area contributed by atoms with Crippen molar-refractivity contribution in [3.05, 3.63) is 34.9 Å². The first kappa shape index (κ1) is 12.4. The second kappa shape index (κ2) is 5.49. The molecule has 1 N–H and O–H groups in total. The van der Waals surface area contributed by atoms with E-state index in [2.05, 4.69) is 0 Å². The number of aliphatic hydroxyl groups is 1. The van der Waals surface area contributed by atoms with Crippen molar-refractivity contribution in [1.82, 2.24) is 4.90 Å². The molecular formula is C12H14ClNO3. The molecular weight excluding hydrogens is 242 g/mol. The van der Waals surface area contributed by atoms with E-state index in [1.54, 1.807) is 17.0 Å². The molecule has 1 atom stereocenters. The van der Waals surface area contributed by atoms with Crippen LogP contribution in [0.15, 0.2) is 24.3 Å². The van der Waals surface area contributed by atoms with Crippen LogP contribution in [0.4, 0.5) is 0 Å². The summed E-state index contributed by atoms with van der Waals surface area (Å²) in [4.78, 5) is 13.0. The van der Waals surface area contributed by atoms with Crippen LogP contribution in [0.2, 0.25) is 5.02 Å². The highest BCUT2D eigenvalue weighted by Crippen LogP contribution is 2.23. The van der Waals surface area contributed by atoms with E-state index in [0.29, 0.717) is 24.7 Å². The Hall–Kier alpha value is -1.10. The first-order valence-corrected chi connectivity index (χ1v) is 5.84. The van der Waals surface area contributed by atoms with Crippen LogP contribution in [-0.2, 0) is 9.53 Å². The maximum Gasteiger partial charge on any atom is 0.248 e. The van der Waals surface area contributed by atoms with Gasteiger partial charge in [-0.25, -0.2) is 0 Å². The number of nitrogens with zero attached hydrogens (tertiary/aromatic N) is 1. The number of ether oxygens (including phenoxy) is 1. The molecule has 17 heavy (non-hydrogen) atoms.